The summed E-state index contributed by atoms with van der Waals surface area (Å²) in [6.07, 6.45) is 0. The summed E-state index contributed by atoms with van der Waals surface area (Å²) in [6, 6.07) is 106. The van der Waals surface area contributed by atoms with E-state index in [9.17, 15) is 0 Å². The molecular weight excluding hydrogens is 877 g/mol. The molecule has 0 amide bonds. The molecule has 0 bridgehead atoms. The maximum Gasteiger partial charge on any atom is 0.186 e. The smallest absolute Gasteiger partial charge is 0.186 e. The highest BCUT2D eigenvalue weighted by Crippen LogP contribution is 2.46. The zero-order valence-electron chi connectivity index (χ0n) is 38.5. The molecule has 11 aromatic carbocycles. The van der Waals surface area contributed by atoms with Gasteiger partial charge in [0, 0.05) is 38.7 Å². The lowest BCUT2D eigenvalue weighted by atomic mass is 10.0. The lowest BCUT2D eigenvalue weighted by Crippen LogP contribution is -2.82. The van der Waals surface area contributed by atoms with Crippen LogP contribution in [0.3, 0.4) is 0 Å². The molecule has 0 saturated carbocycles. The first kappa shape index (κ1) is 40.5. The molecule has 2 nitrogen and oxygen atoms in total. The van der Waals surface area contributed by atoms with E-state index in [0.29, 0.717) is 0 Å². The molecule has 14 rings (SSSR count). The lowest BCUT2D eigenvalue weighted by molar-refractivity contribution is 1.18. The molecule has 12 aromatic rings. The highest BCUT2D eigenvalue weighted by Gasteiger charge is 2.57. The summed E-state index contributed by atoms with van der Waals surface area (Å²) in [6.45, 7) is 0. The quantitative estimate of drug-likeness (QED) is 0.145. The van der Waals surface area contributed by atoms with Crippen LogP contribution in [0.1, 0.15) is 0 Å². The summed E-state index contributed by atoms with van der Waals surface area (Å²) in [7, 11) is -6.63. The van der Waals surface area contributed by atoms with Crippen molar-refractivity contribution in [1.82, 2.24) is 4.57 Å². The van der Waals surface area contributed by atoms with E-state index in [1.54, 1.807) is 0 Å². The van der Waals surface area contributed by atoms with Crippen molar-refractivity contribution < 1.29 is 0 Å². The number of fused-ring (bicyclic) bond motifs is 8. The van der Waals surface area contributed by atoms with Crippen molar-refractivity contribution in [3.05, 3.63) is 279 Å². The average Bonchev–Trinajstić information content (AvgIpc) is 3.78. The van der Waals surface area contributed by atoms with Gasteiger partial charge in [0.2, 0.25) is 0 Å². The van der Waals surface area contributed by atoms with Crippen molar-refractivity contribution in [2.24, 2.45) is 0 Å². The van der Waals surface area contributed by atoms with Gasteiger partial charge in [-0.15, -0.1) is 0 Å². The summed E-state index contributed by atoms with van der Waals surface area (Å²) in [5.41, 5.74) is 12.3. The molecule has 70 heavy (non-hydrogen) atoms. The van der Waals surface area contributed by atoms with E-state index in [2.05, 4.69) is 289 Å². The Balaban J connectivity index is 1.29. The van der Waals surface area contributed by atoms with Crippen LogP contribution in [0.25, 0.3) is 49.7 Å². The molecule has 0 N–H and O–H groups in total. The van der Waals surface area contributed by atoms with Crippen molar-refractivity contribution in [3.8, 4) is 27.9 Å². The van der Waals surface area contributed by atoms with Crippen molar-refractivity contribution >= 4 is 96.5 Å². The first-order chi connectivity index (χ1) is 34.8. The minimum atomic E-state index is -3.38. The molecule has 0 saturated heterocycles. The van der Waals surface area contributed by atoms with Crippen molar-refractivity contribution in [1.29, 1.82) is 0 Å². The molecule has 0 fully saturated rings. The van der Waals surface area contributed by atoms with E-state index in [4.69, 9.17) is 0 Å². The molecule has 0 atom stereocenters. The third-order valence-electron chi connectivity index (χ3n) is 15.3. The Bertz CT molecular complexity index is 3830. The first-order valence-corrected chi connectivity index (χ1v) is 28.3. The fourth-order valence-corrected chi connectivity index (χ4v) is 23.1. The zero-order chi connectivity index (χ0) is 46.2. The van der Waals surface area contributed by atoms with Crippen LogP contribution in [-0.4, -0.2) is 20.7 Å². The van der Waals surface area contributed by atoms with Gasteiger partial charge in [0.15, 0.2) is 16.1 Å². The molecule has 4 heteroatoms. The van der Waals surface area contributed by atoms with E-state index in [0.717, 1.165) is 5.69 Å². The molecule has 1 aromatic heterocycles. The minimum absolute atomic E-state index is 1.16. The van der Waals surface area contributed by atoms with Gasteiger partial charge in [-0.05, 0) is 95.0 Å². The van der Waals surface area contributed by atoms with E-state index in [1.165, 1.54) is 103 Å². The van der Waals surface area contributed by atoms with Crippen molar-refractivity contribution in [2.75, 3.05) is 4.90 Å². The maximum atomic E-state index is 2.72. The average molecular weight is 923 g/mol. The predicted octanol–water partition coefficient (Wildman–Crippen LogP) is 11.0. The van der Waals surface area contributed by atoms with Gasteiger partial charge in [-0.1, -0.05) is 243 Å². The van der Waals surface area contributed by atoms with Gasteiger partial charge in [0.25, 0.3) is 0 Å². The molecule has 2 aliphatic rings. The van der Waals surface area contributed by atoms with E-state index in [1.807, 2.05) is 0 Å². The van der Waals surface area contributed by atoms with Crippen LogP contribution in [0, 0.1) is 0 Å². The van der Waals surface area contributed by atoms with Gasteiger partial charge >= 0.3 is 0 Å². The summed E-state index contributed by atoms with van der Waals surface area (Å²) in [5, 5.41) is 13.6. The van der Waals surface area contributed by atoms with Crippen LogP contribution in [0.2, 0.25) is 0 Å². The van der Waals surface area contributed by atoms with E-state index in [-0.39, 0.29) is 0 Å². The molecule has 0 spiro atoms. The highest BCUT2D eigenvalue weighted by atomic mass is 28.3. The second-order valence-electron chi connectivity index (χ2n) is 18.7. The van der Waals surface area contributed by atoms with E-state index < -0.39 is 16.1 Å². The molecule has 3 heterocycles. The summed E-state index contributed by atoms with van der Waals surface area (Å²) < 4.78 is 2.61. The third kappa shape index (κ3) is 5.72. The van der Waals surface area contributed by atoms with Gasteiger partial charge in [0.1, 0.15) is 0 Å². The third-order valence-corrected chi connectivity index (χ3v) is 24.9. The predicted molar refractivity (Wildman–Crippen MR) is 301 cm³/mol. The fourth-order valence-electron chi connectivity index (χ4n) is 12.5. The van der Waals surface area contributed by atoms with Crippen LogP contribution < -0.4 is 46.4 Å². The number of aromatic nitrogens is 1. The largest absolute Gasteiger partial charge is 0.311 e. The zero-order valence-corrected chi connectivity index (χ0v) is 40.5. The molecule has 2 aliphatic heterocycles. The Morgan fingerprint density at radius 3 is 1.17 bits per heavy atom. The van der Waals surface area contributed by atoms with Crippen LogP contribution >= 0.6 is 0 Å². The van der Waals surface area contributed by atoms with Gasteiger partial charge in [-0.3, -0.25) is 0 Å². The standard InChI is InChI=1S/C66H46N2Si2/c1-8-24-47(25-9-1)49-40-42-59-61(44-49)69(52-30-14-4-15-31-52,53-32-16-5-17-33-53)63-46-57-56-38-22-23-39-58(56)67(51-28-12-3-13-29-51)64(57)66-65(63)68(59)60-43-41-50(48-26-10-2-11-27-48)45-62(60)70(66,54-34-18-6-19-35-54)55-36-20-7-21-37-55/h1-46H. The second-order valence-corrected chi connectivity index (χ2v) is 26.2. The normalized spacial score (nSPS) is 13.9. The first-order valence-electron chi connectivity index (χ1n) is 24.3. The number of benzene rings is 11. The topological polar surface area (TPSA) is 8.17 Å². The summed E-state index contributed by atoms with van der Waals surface area (Å²) >= 11 is 0. The second kappa shape index (κ2) is 16.0. The molecule has 0 aliphatic carbocycles. The summed E-state index contributed by atoms with van der Waals surface area (Å²) in [4.78, 5) is 2.72. The monoisotopic (exact) mass is 922 g/mol. The Hall–Kier alpha value is -8.55. The Kier molecular flexibility index (Phi) is 9.28. The van der Waals surface area contributed by atoms with E-state index >= 15 is 0 Å². The van der Waals surface area contributed by atoms with Crippen LogP contribution in [0.4, 0.5) is 17.1 Å². The van der Waals surface area contributed by atoms with Gasteiger partial charge in [0.05, 0.1) is 11.0 Å². The maximum absolute atomic E-state index is 3.38. The van der Waals surface area contributed by atoms with Gasteiger partial charge in [-0.2, -0.15) is 0 Å². The number of hydrogen-bond donors (Lipinski definition) is 0. The van der Waals surface area contributed by atoms with Crippen molar-refractivity contribution in [3.63, 3.8) is 0 Å². The lowest BCUT2D eigenvalue weighted by Gasteiger charge is -2.52. The highest BCUT2D eigenvalue weighted by molar-refractivity contribution is 7.25. The van der Waals surface area contributed by atoms with Crippen molar-refractivity contribution in [2.45, 2.75) is 0 Å². The molecular formula is C66H46N2Si2. The number of rotatable bonds is 7. The minimum Gasteiger partial charge on any atom is -0.311 e. The number of anilines is 3. The fraction of sp³-hybridized carbons (Fsp3) is 0. The summed E-state index contributed by atoms with van der Waals surface area (Å²) in [5.74, 6) is 0. The van der Waals surface area contributed by atoms with Gasteiger partial charge in [-0.25, -0.2) is 0 Å². The number of hydrogen-bond acceptors (Lipinski definition) is 1. The Labute approximate surface area is 410 Å². The van der Waals surface area contributed by atoms with Crippen LogP contribution in [0.5, 0.6) is 0 Å². The van der Waals surface area contributed by atoms with Gasteiger partial charge < -0.3 is 9.47 Å². The Morgan fingerprint density at radius 1 is 0.286 bits per heavy atom. The Morgan fingerprint density at radius 2 is 0.686 bits per heavy atom. The SMILES string of the molecule is c1ccc(-c2ccc3c(c2)[Si](c2ccccc2)(c2ccccc2)c2cc4c5ccccc5n(-c5ccccc5)c4c4c2N3c2ccc(-c3ccccc3)cc2[Si]4(c2ccccc2)c2ccccc2)cc1. The van der Waals surface area contributed by atoms with Crippen LogP contribution in [-0.2, 0) is 0 Å². The number of nitrogens with zero attached hydrogens (tertiary/aromatic N) is 2. The molecule has 0 radical (unpaired) electrons. The molecule has 328 valence electrons. The molecule has 0 unspecified atom stereocenters. The number of para-hydroxylation sites is 2. The van der Waals surface area contributed by atoms with Crippen LogP contribution in [0.15, 0.2) is 279 Å².